The molecule has 132 valence electrons. The molecule has 0 spiro atoms. The number of ether oxygens (including phenoxy) is 1. The molecule has 0 fully saturated rings. The molecule has 6 heteroatoms. The summed E-state index contributed by atoms with van der Waals surface area (Å²) in [6, 6.07) is 9.52. The molecule has 0 saturated carbocycles. The Labute approximate surface area is 151 Å². The first-order valence-corrected chi connectivity index (χ1v) is 9.08. The van der Waals surface area contributed by atoms with Gasteiger partial charge in [-0.1, -0.05) is 38.2 Å². The summed E-state index contributed by atoms with van der Waals surface area (Å²) in [5, 5.41) is 0.651. The van der Waals surface area contributed by atoms with E-state index in [0.29, 0.717) is 18.3 Å². The molecular weight excluding hydrogens is 336 g/mol. The molecule has 0 N–H and O–H groups in total. The van der Waals surface area contributed by atoms with Crippen LogP contribution in [0.15, 0.2) is 41.0 Å². The minimum atomic E-state index is -0.521. The molecular formula is C19H22N2O3S. The van der Waals surface area contributed by atoms with E-state index in [0.717, 1.165) is 21.7 Å². The van der Waals surface area contributed by atoms with Crippen molar-refractivity contribution in [2.24, 2.45) is 5.41 Å². The van der Waals surface area contributed by atoms with Crippen molar-refractivity contribution in [3.05, 3.63) is 42.4 Å². The molecule has 0 atom stereocenters. The van der Waals surface area contributed by atoms with Crippen LogP contribution in [0.2, 0.25) is 0 Å². The second-order valence-electron chi connectivity index (χ2n) is 6.75. The van der Waals surface area contributed by atoms with Crippen LogP contribution in [0.5, 0.6) is 5.75 Å². The third-order valence-corrected chi connectivity index (χ3v) is 4.73. The maximum Gasteiger partial charge on any atom is 0.234 e. The molecule has 1 amide bonds. The Kier molecular flexibility index (Phi) is 4.81. The van der Waals surface area contributed by atoms with Gasteiger partial charge in [-0.05, 0) is 31.2 Å². The Morgan fingerprint density at radius 3 is 2.72 bits per heavy atom. The zero-order valence-electron chi connectivity index (χ0n) is 14.9. The number of fused-ring (bicyclic) bond motifs is 1. The Morgan fingerprint density at radius 1 is 1.28 bits per heavy atom. The van der Waals surface area contributed by atoms with E-state index in [1.54, 1.807) is 11.2 Å². The number of anilines is 1. The normalized spacial score (nSPS) is 11.7. The lowest BCUT2D eigenvalue weighted by Crippen LogP contribution is -2.39. The van der Waals surface area contributed by atoms with Gasteiger partial charge in [0.2, 0.25) is 5.91 Å². The molecule has 0 aliphatic rings. The van der Waals surface area contributed by atoms with Crippen molar-refractivity contribution in [3.8, 4) is 5.75 Å². The van der Waals surface area contributed by atoms with Crippen LogP contribution in [0.3, 0.4) is 0 Å². The summed E-state index contributed by atoms with van der Waals surface area (Å²) in [5.41, 5.74) is 0.267. The van der Waals surface area contributed by atoms with Gasteiger partial charge in [0, 0.05) is 5.41 Å². The first kappa shape index (κ1) is 17.5. The number of para-hydroxylation sites is 1. The molecule has 0 radical (unpaired) electrons. The number of nitrogens with zero attached hydrogens (tertiary/aromatic N) is 2. The van der Waals surface area contributed by atoms with E-state index in [1.165, 1.54) is 11.3 Å². The maximum absolute atomic E-state index is 13.0. The van der Waals surface area contributed by atoms with Crippen molar-refractivity contribution in [1.82, 2.24) is 4.98 Å². The van der Waals surface area contributed by atoms with Crippen molar-refractivity contribution in [2.45, 2.75) is 34.2 Å². The van der Waals surface area contributed by atoms with Crippen LogP contribution >= 0.6 is 11.3 Å². The Balaban J connectivity index is 2.04. The molecule has 3 aromatic rings. The van der Waals surface area contributed by atoms with Crippen molar-refractivity contribution < 1.29 is 13.9 Å². The highest BCUT2D eigenvalue weighted by Crippen LogP contribution is 2.36. The fraction of sp³-hybridized carbons (Fsp3) is 0.368. The molecule has 0 saturated heterocycles. The minimum absolute atomic E-state index is 0.000848. The van der Waals surface area contributed by atoms with Gasteiger partial charge in [0.05, 0.1) is 24.1 Å². The Bertz CT molecular complexity index is 863. The lowest BCUT2D eigenvalue weighted by molar-refractivity contribution is -0.126. The molecule has 25 heavy (non-hydrogen) atoms. The molecule has 1 aromatic carbocycles. The van der Waals surface area contributed by atoms with Crippen LogP contribution in [0, 0.1) is 5.41 Å². The topological polar surface area (TPSA) is 55.6 Å². The highest BCUT2D eigenvalue weighted by atomic mass is 32.1. The number of carbonyl (C=O) groups is 1. The van der Waals surface area contributed by atoms with Crippen LogP contribution < -0.4 is 9.64 Å². The van der Waals surface area contributed by atoms with Gasteiger partial charge < -0.3 is 9.15 Å². The summed E-state index contributed by atoms with van der Waals surface area (Å²) in [6.07, 6.45) is 1.61. The number of carbonyl (C=O) groups excluding carboxylic acids is 1. The molecule has 0 aliphatic heterocycles. The number of benzene rings is 1. The average molecular weight is 358 g/mol. The average Bonchev–Trinajstić information content (AvgIpc) is 3.21. The zero-order chi connectivity index (χ0) is 18.0. The van der Waals surface area contributed by atoms with Crippen molar-refractivity contribution in [3.63, 3.8) is 0 Å². The first-order valence-electron chi connectivity index (χ1n) is 8.27. The van der Waals surface area contributed by atoms with E-state index in [-0.39, 0.29) is 5.91 Å². The monoisotopic (exact) mass is 358 g/mol. The number of amides is 1. The van der Waals surface area contributed by atoms with E-state index < -0.39 is 5.41 Å². The van der Waals surface area contributed by atoms with E-state index in [1.807, 2.05) is 58.0 Å². The van der Waals surface area contributed by atoms with Gasteiger partial charge in [-0.3, -0.25) is 9.69 Å². The number of furan rings is 1. The Morgan fingerprint density at radius 2 is 2.08 bits per heavy atom. The van der Waals surface area contributed by atoms with E-state index in [2.05, 4.69) is 0 Å². The fourth-order valence-electron chi connectivity index (χ4n) is 2.49. The number of hydrogen-bond acceptors (Lipinski definition) is 5. The zero-order valence-corrected chi connectivity index (χ0v) is 15.7. The predicted octanol–water partition coefficient (Wildman–Crippen LogP) is 4.87. The van der Waals surface area contributed by atoms with Gasteiger partial charge in [-0.25, -0.2) is 4.98 Å². The summed E-state index contributed by atoms with van der Waals surface area (Å²) >= 11 is 1.48. The first-order chi connectivity index (χ1) is 11.9. The number of aromatic nitrogens is 1. The van der Waals surface area contributed by atoms with Crippen LogP contribution in [-0.2, 0) is 11.3 Å². The highest BCUT2D eigenvalue weighted by molar-refractivity contribution is 7.22. The van der Waals surface area contributed by atoms with Crippen molar-refractivity contribution in [2.75, 3.05) is 11.5 Å². The van der Waals surface area contributed by atoms with Gasteiger partial charge >= 0.3 is 0 Å². The second kappa shape index (κ2) is 6.88. The van der Waals surface area contributed by atoms with Crippen LogP contribution in [0.1, 0.15) is 33.5 Å². The summed E-state index contributed by atoms with van der Waals surface area (Å²) in [7, 11) is 0. The molecule has 0 aliphatic carbocycles. The SMILES string of the molecule is CCOc1cccc2sc(N(Cc3ccco3)C(=O)C(C)(C)C)nc12. The van der Waals surface area contributed by atoms with Gasteiger partial charge in [0.25, 0.3) is 0 Å². The van der Waals surface area contributed by atoms with Gasteiger partial charge in [0.15, 0.2) is 5.13 Å². The molecule has 0 unspecified atom stereocenters. The summed E-state index contributed by atoms with van der Waals surface area (Å²) in [5.74, 6) is 1.46. The minimum Gasteiger partial charge on any atom is -0.492 e. The number of hydrogen-bond donors (Lipinski definition) is 0. The lowest BCUT2D eigenvalue weighted by atomic mass is 9.95. The maximum atomic E-state index is 13.0. The van der Waals surface area contributed by atoms with E-state index in [9.17, 15) is 4.79 Å². The molecule has 3 rings (SSSR count). The predicted molar refractivity (Wildman–Crippen MR) is 100 cm³/mol. The second-order valence-corrected chi connectivity index (χ2v) is 7.76. The van der Waals surface area contributed by atoms with Crippen LogP contribution in [0.4, 0.5) is 5.13 Å². The molecule has 2 heterocycles. The third kappa shape index (κ3) is 3.69. The standard InChI is InChI=1S/C19H22N2O3S/c1-5-23-14-9-6-10-15-16(14)20-18(25-15)21(17(22)19(2,3)4)12-13-8-7-11-24-13/h6-11H,5,12H2,1-4H3. The van der Waals surface area contributed by atoms with Gasteiger partial charge in [-0.2, -0.15) is 0 Å². The van der Waals surface area contributed by atoms with Crippen LogP contribution in [-0.4, -0.2) is 17.5 Å². The van der Waals surface area contributed by atoms with Crippen molar-refractivity contribution in [1.29, 1.82) is 0 Å². The van der Waals surface area contributed by atoms with Gasteiger partial charge in [-0.15, -0.1) is 0 Å². The lowest BCUT2D eigenvalue weighted by Gasteiger charge is -2.26. The molecule has 5 nitrogen and oxygen atoms in total. The molecule has 0 bridgehead atoms. The largest absolute Gasteiger partial charge is 0.492 e. The number of rotatable bonds is 5. The van der Waals surface area contributed by atoms with E-state index in [4.69, 9.17) is 14.1 Å². The summed E-state index contributed by atoms with van der Waals surface area (Å²) in [4.78, 5) is 19.4. The highest BCUT2D eigenvalue weighted by Gasteiger charge is 2.31. The van der Waals surface area contributed by atoms with Gasteiger partial charge in [0.1, 0.15) is 17.0 Å². The van der Waals surface area contributed by atoms with E-state index >= 15 is 0 Å². The van der Waals surface area contributed by atoms with Crippen LogP contribution in [0.25, 0.3) is 10.2 Å². The van der Waals surface area contributed by atoms with Crippen molar-refractivity contribution >= 4 is 32.6 Å². The quantitative estimate of drug-likeness (QED) is 0.653. The summed E-state index contributed by atoms with van der Waals surface area (Å²) < 4.78 is 12.1. The third-order valence-electron chi connectivity index (χ3n) is 3.68. The Hall–Kier alpha value is -2.34. The fourth-order valence-corrected chi connectivity index (χ4v) is 3.47. The number of thiazole rings is 1. The smallest absolute Gasteiger partial charge is 0.234 e. The molecule has 2 aromatic heterocycles. The summed E-state index contributed by atoms with van der Waals surface area (Å²) in [6.45, 7) is 8.59.